The first-order valence-corrected chi connectivity index (χ1v) is 9.44. The van der Waals surface area contributed by atoms with E-state index in [-0.39, 0.29) is 11.3 Å². The van der Waals surface area contributed by atoms with Crippen LogP contribution in [0, 0.1) is 13.8 Å². The molecule has 0 aliphatic carbocycles. The van der Waals surface area contributed by atoms with Gasteiger partial charge in [0.2, 0.25) is 0 Å². The van der Waals surface area contributed by atoms with Crippen molar-refractivity contribution in [1.82, 2.24) is 9.88 Å². The highest BCUT2D eigenvalue weighted by molar-refractivity contribution is 8.26. The van der Waals surface area contributed by atoms with Crippen LogP contribution >= 0.6 is 24.0 Å². The van der Waals surface area contributed by atoms with Gasteiger partial charge in [0.1, 0.15) is 4.32 Å². The van der Waals surface area contributed by atoms with Gasteiger partial charge in [0.15, 0.2) is 0 Å². The SMILES string of the molecule is Cc1cc(/C=C2\SC(=S)NC2=O)c(C)n1-c1ccc(C(C)(C)C)cc1. The summed E-state index contributed by atoms with van der Waals surface area (Å²) in [7, 11) is 0. The molecule has 1 amide bonds. The number of thioether (sulfide) groups is 1. The van der Waals surface area contributed by atoms with Gasteiger partial charge in [-0.15, -0.1) is 0 Å². The van der Waals surface area contributed by atoms with Gasteiger partial charge >= 0.3 is 0 Å². The minimum atomic E-state index is -0.116. The number of carbonyl (C=O) groups excluding carboxylic acids is 1. The Kier molecular flexibility index (Phi) is 4.64. The Balaban J connectivity index is 1.99. The molecular formula is C20H22N2OS2. The smallest absolute Gasteiger partial charge is 0.263 e. The highest BCUT2D eigenvalue weighted by atomic mass is 32.2. The Bertz CT molecular complexity index is 884. The summed E-state index contributed by atoms with van der Waals surface area (Å²) in [4.78, 5) is 12.5. The first-order chi connectivity index (χ1) is 11.7. The summed E-state index contributed by atoms with van der Waals surface area (Å²) in [5.74, 6) is -0.116. The summed E-state index contributed by atoms with van der Waals surface area (Å²) < 4.78 is 2.73. The van der Waals surface area contributed by atoms with E-state index in [1.54, 1.807) is 0 Å². The molecule has 0 spiro atoms. The molecule has 0 unspecified atom stereocenters. The van der Waals surface area contributed by atoms with E-state index >= 15 is 0 Å². The van der Waals surface area contributed by atoms with Crippen molar-refractivity contribution < 1.29 is 4.79 Å². The molecule has 0 radical (unpaired) electrons. The van der Waals surface area contributed by atoms with Gasteiger partial charge in [0.25, 0.3) is 5.91 Å². The normalized spacial score (nSPS) is 16.6. The van der Waals surface area contributed by atoms with Crippen molar-refractivity contribution in [3.05, 3.63) is 57.8 Å². The van der Waals surface area contributed by atoms with Crippen LogP contribution in [0.15, 0.2) is 35.2 Å². The molecule has 1 fully saturated rings. The average molecular weight is 371 g/mol. The predicted molar refractivity (Wildman–Crippen MR) is 110 cm³/mol. The molecule has 3 rings (SSSR count). The first-order valence-electron chi connectivity index (χ1n) is 8.21. The lowest BCUT2D eigenvalue weighted by atomic mass is 9.87. The number of aryl methyl sites for hydroxylation is 1. The number of hydrogen-bond acceptors (Lipinski definition) is 3. The Morgan fingerprint density at radius 1 is 1.16 bits per heavy atom. The molecule has 2 aromatic rings. The van der Waals surface area contributed by atoms with Crippen molar-refractivity contribution in [2.75, 3.05) is 0 Å². The van der Waals surface area contributed by atoms with E-state index in [4.69, 9.17) is 12.2 Å². The quantitative estimate of drug-likeness (QED) is 0.604. The number of rotatable bonds is 2. The van der Waals surface area contributed by atoms with Gasteiger partial charge < -0.3 is 9.88 Å². The van der Waals surface area contributed by atoms with Crippen LogP contribution in [0.4, 0.5) is 0 Å². The second-order valence-corrected chi connectivity index (χ2v) is 9.03. The molecule has 1 aliphatic heterocycles. The number of nitrogens with one attached hydrogen (secondary N) is 1. The number of carbonyl (C=O) groups is 1. The van der Waals surface area contributed by atoms with E-state index in [1.807, 2.05) is 6.08 Å². The van der Waals surface area contributed by atoms with E-state index in [2.05, 4.69) is 74.8 Å². The Morgan fingerprint density at radius 3 is 2.32 bits per heavy atom. The molecule has 1 aliphatic rings. The monoisotopic (exact) mass is 370 g/mol. The first kappa shape index (κ1) is 18.0. The molecule has 1 N–H and O–H groups in total. The van der Waals surface area contributed by atoms with E-state index in [0.717, 1.165) is 22.6 Å². The maximum Gasteiger partial charge on any atom is 0.263 e. The third-order valence-corrected chi connectivity index (χ3v) is 5.55. The van der Waals surface area contributed by atoms with Gasteiger partial charge in [0.05, 0.1) is 4.91 Å². The van der Waals surface area contributed by atoms with Crippen molar-refractivity contribution in [2.45, 2.75) is 40.0 Å². The Hall–Kier alpha value is -1.85. The summed E-state index contributed by atoms with van der Waals surface area (Å²) in [6.07, 6.45) is 1.92. The fourth-order valence-corrected chi connectivity index (χ4v) is 4.04. The largest absolute Gasteiger partial charge is 0.318 e. The minimum Gasteiger partial charge on any atom is -0.318 e. The van der Waals surface area contributed by atoms with E-state index in [9.17, 15) is 4.79 Å². The number of aromatic nitrogens is 1. The third kappa shape index (κ3) is 3.58. The minimum absolute atomic E-state index is 0.116. The number of nitrogens with zero attached hydrogens (tertiary/aromatic N) is 1. The lowest BCUT2D eigenvalue weighted by molar-refractivity contribution is -0.115. The lowest BCUT2D eigenvalue weighted by Crippen LogP contribution is -2.17. The van der Waals surface area contributed by atoms with Crippen LogP contribution in [0.3, 0.4) is 0 Å². The van der Waals surface area contributed by atoms with Gasteiger partial charge in [0, 0.05) is 17.1 Å². The van der Waals surface area contributed by atoms with Crippen LogP contribution in [0.25, 0.3) is 11.8 Å². The number of hydrogen-bond donors (Lipinski definition) is 1. The summed E-state index contributed by atoms with van der Waals surface area (Å²) in [5, 5.41) is 2.66. The standard InChI is InChI=1S/C20H22N2OS2/c1-12-10-14(11-17-18(23)21-19(24)25-17)13(2)22(12)16-8-6-15(7-9-16)20(3,4)5/h6-11H,1-5H3,(H,21,23,24)/b17-11-. The molecule has 0 saturated carbocycles. The van der Waals surface area contributed by atoms with Gasteiger partial charge in [-0.2, -0.15) is 0 Å². The molecule has 1 aromatic heterocycles. The van der Waals surface area contributed by atoms with Crippen LogP contribution in [0.2, 0.25) is 0 Å². The molecule has 2 heterocycles. The summed E-state index contributed by atoms with van der Waals surface area (Å²) in [5.41, 5.74) is 5.87. The number of amides is 1. The zero-order valence-electron chi connectivity index (χ0n) is 15.1. The fourth-order valence-electron chi connectivity index (χ4n) is 3.00. The molecule has 25 heavy (non-hydrogen) atoms. The van der Waals surface area contributed by atoms with E-state index in [0.29, 0.717) is 9.23 Å². The molecule has 1 aromatic carbocycles. The van der Waals surface area contributed by atoms with Crippen LogP contribution < -0.4 is 5.32 Å². The molecule has 3 nitrogen and oxygen atoms in total. The van der Waals surface area contributed by atoms with Gasteiger partial charge in [-0.1, -0.05) is 56.9 Å². The van der Waals surface area contributed by atoms with Gasteiger partial charge in [-0.25, -0.2) is 0 Å². The molecular weight excluding hydrogens is 348 g/mol. The summed E-state index contributed by atoms with van der Waals surface area (Å²) in [6.45, 7) is 10.8. The zero-order valence-corrected chi connectivity index (χ0v) is 16.8. The van der Waals surface area contributed by atoms with Gasteiger partial charge in [-0.3, -0.25) is 4.79 Å². The van der Waals surface area contributed by atoms with Crippen LogP contribution in [-0.2, 0) is 10.2 Å². The van der Waals surface area contributed by atoms with Crippen LogP contribution in [0.5, 0.6) is 0 Å². The zero-order chi connectivity index (χ0) is 18.4. The van der Waals surface area contributed by atoms with Crippen molar-refractivity contribution in [1.29, 1.82) is 0 Å². The third-order valence-electron chi connectivity index (χ3n) is 4.39. The fraction of sp³-hybridized carbons (Fsp3) is 0.300. The topological polar surface area (TPSA) is 34.0 Å². The second kappa shape index (κ2) is 6.46. The van der Waals surface area contributed by atoms with Gasteiger partial charge in [-0.05, 0) is 54.7 Å². The molecule has 0 bridgehead atoms. The van der Waals surface area contributed by atoms with Crippen molar-refractivity contribution >= 4 is 40.3 Å². The van der Waals surface area contributed by atoms with Crippen molar-refractivity contribution in [3.8, 4) is 5.69 Å². The Morgan fingerprint density at radius 2 is 1.80 bits per heavy atom. The highest BCUT2D eigenvalue weighted by Crippen LogP contribution is 2.30. The maximum absolute atomic E-state index is 11.9. The van der Waals surface area contributed by atoms with Crippen molar-refractivity contribution in [2.24, 2.45) is 0 Å². The lowest BCUT2D eigenvalue weighted by Gasteiger charge is -2.20. The molecule has 5 heteroatoms. The summed E-state index contributed by atoms with van der Waals surface area (Å²) in [6, 6.07) is 10.8. The maximum atomic E-state index is 11.9. The summed E-state index contributed by atoms with van der Waals surface area (Å²) >= 11 is 6.37. The Labute approximate surface area is 158 Å². The highest BCUT2D eigenvalue weighted by Gasteiger charge is 2.23. The average Bonchev–Trinajstić information content (AvgIpc) is 2.98. The number of benzene rings is 1. The van der Waals surface area contributed by atoms with E-state index in [1.165, 1.54) is 17.3 Å². The van der Waals surface area contributed by atoms with E-state index < -0.39 is 0 Å². The molecule has 0 atom stereocenters. The van der Waals surface area contributed by atoms with Crippen LogP contribution in [-0.4, -0.2) is 14.8 Å². The number of thiocarbonyl (C=S) groups is 1. The molecule has 1 saturated heterocycles. The predicted octanol–water partition coefficient (Wildman–Crippen LogP) is 4.88. The van der Waals surface area contributed by atoms with Crippen molar-refractivity contribution in [3.63, 3.8) is 0 Å². The van der Waals surface area contributed by atoms with Crippen LogP contribution in [0.1, 0.15) is 43.3 Å². The second-order valence-electron chi connectivity index (χ2n) is 7.31. The molecule has 130 valence electrons.